The van der Waals surface area contributed by atoms with Gasteiger partial charge in [-0.3, -0.25) is 0 Å². The molecule has 0 radical (unpaired) electrons. The highest BCUT2D eigenvalue weighted by Gasteiger charge is 2.07. The third-order valence-electron chi connectivity index (χ3n) is 2.82. The summed E-state index contributed by atoms with van der Waals surface area (Å²) in [6.45, 7) is 2.77. The molecule has 0 saturated carbocycles. The summed E-state index contributed by atoms with van der Waals surface area (Å²) in [5.41, 5.74) is 7.28. The molecule has 19 heavy (non-hydrogen) atoms. The molecule has 0 aliphatic carbocycles. The van der Waals surface area contributed by atoms with Gasteiger partial charge in [0.15, 0.2) is 0 Å². The number of carbonyl (C=O) groups is 1. The summed E-state index contributed by atoms with van der Waals surface area (Å²) in [7, 11) is 0. The highest BCUT2D eigenvalue weighted by molar-refractivity contribution is 7.12. The Balaban J connectivity index is 2.10. The maximum atomic E-state index is 10.9. The molecule has 4 N–H and O–H groups in total. The Morgan fingerprint density at radius 1 is 1.32 bits per heavy atom. The fourth-order valence-electron chi connectivity index (χ4n) is 1.73. The van der Waals surface area contributed by atoms with Crippen molar-refractivity contribution in [2.24, 2.45) is 0 Å². The second-order valence-corrected chi connectivity index (χ2v) is 5.44. The van der Waals surface area contributed by atoms with Crippen molar-refractivity contribution in [1.82, 2.24) is 0 Å². The van der Waals surface area contributed by atoms with E-state index < -0.39 is 5.97 Å². The Labute approximate surface area is 115 Å². The van der Waals surface area contributed by atoms with E-state index >= 15 is 0 Å². The van der Waals surface area contributed by atoms with Crippen LogP contribution in [0.5, 0.6) is 0 Å². The first kappa shape index (κ1) is 13.4. The van der Waals surface area contributed by atoms with Gasteiger partial charge in [-0.25, -0.2) is 4.79 Å². The minimum absolute atomic E-state index is 0.233. The summed E-state index contributed by atoms with van der Waals surface area (Å²) in [4.78, 5) is 13.5. The summed E-state index contributed by atoms with van der Waals surface area (Å²) in [6, 6.07) is 8.86. The highest BCUT2D eigenvalue weighted by atomic mass is 32.1. The molecule has 1 heterocycles. The molecule has 2 rings (SSSR count). The van der Waals surface area contributed by atoms with Crippen molar-refractivity contribution < 1.29 is 9.90 Å². The van der Waals surface area contributed by atoms with E-state index in [9.17, 15) is 4.79 Å². The minimum Gasteiger partial charge on any atom is -0.478 e. The van der Waals surface area contributed by atoms with Gasteiger partial charge in [-0.15, -0.1) is 11.3 Å². The molecule has 0 spiro atoms. The van der Waals surface area contributed by atoms with Gasteiger partial charge in [-0.05, 0) is 36.8 Å². The van der Waals surface area contributed by atoms with Crippen LogP contribution in [-0.4, -0.2) is 11.1 Å². The molecule has 2 aromatic rings. The van der Waals surface area contributed by atoms with Crippen LogP contribution in [0.4, 0.5) is 11.4 Å². The van der Waals surface area contributed by atoms with Crippen LogP contribution in [0, 0.1) is 0 Å². The number of thiophene rings is 1. The Morgan fingerprint density at radius 2 is 2.05 bits per heavy atom. The monoisotopic (exact) mass is 276 g/mol. The minimum atomic E-state index is -0.951. The first-order valence-corrected chi connectivity index (χ1v) is 6.86. The van der Waals surface area contributed by atoms with E-state index in [2.05, 4.69) is 24.4 Å². The van der Waals surface area contributed by atoms with Crippen LogP contribution < -0.4 is 11.1 Å². The summed E-state index contributed by atoms with van der Waals surface area (Å²) >= 11 is 1.75. The Morgan fingerprint density at radius 3 is 2.68 bits per heavy atom. The van der Waals surface area contributed by atoms with E-state index in [-0.39, 0.29) is 5.56 Å². The third-order valence-corrected chi connectivity index (χ3v) is 4.05. The standard InChI is InChI=1S/C14H16N2O2S/c1-2-10-4-5-11(19-10)8-16-13-7-9(14(17)18)3-6-12(13)15/h3-7,16H,2,8,15H2,1H3,(H,17,18). The number of benzene rings is 1. The van der Waals surface area contributed by atoms with Crippen LogP contribution in [0.25, 0.3) is 0 Å². The molecule has 0 bridgehead atoms. The van der Waals surface area contributed by atoms with Gasteiger partial charge in [0.2, 0.25) is 0 Å². The number of anilines is 2. The number of carboxylic acid groups (broad SMARTS) is 1. The fraction of sp³-hybridized carbons (Fsp3) is 0.214. The van der Waals surface area contributed by atoms with Crippen LogP contribution in [0.3, 0.4) is 0 Å². The SMILES string of the molecule is CCc1ccc(CNc2cc(C(=O)O)ccc2N)s1. The van der Waals surface area contributed by atoms with Crippen molar-refractivity contribution in [3.05, 3.63) is 45.6 Å². The summed E-state index contributed by atoms with van der Waals surface area (Å²) in [5, 5.41) is 12.1. The molecule has 0 amide bonds. The average molecular weight is 276 g/mol. The molecule has 0 saturated heterocycles. The summed E-state index contributed by atoms with van der Waals surface area (Å²) in [6.07, 6.45) is 1.03. The topological polar surface area (TPSA) is 75.3 Å². The van der Waals surface area contributed by atoms with Gasteiger partial charge in [-0.2, -0.15) is 0 Å². The number of nitrogens with two attached hydrogens (primary N) is 1. The molecule has 1 aromatic heterocycles. The third kappa shape index (κ3) is 3.26. The first-order chi connectivity index (χ1) is 9.10. The Hall–Kier alpha value is -2.01. The molecule has 0 aliphatic heterocycles. The van der Waals surface area contributed by atoms with Gasteiger partial charge in [0.25, 0.3) is 0 Å². The zero-order valence-electron chi connectivity index (χ0n) is 10.6. The number of rotatable bonds is 5. The van der Waals surface area contributed by atoms with Crippen LogP contribution in [-0.2, 0) is 13.0 Å². The molecule has 0 unspecified atom stereocenters. The van der Waals surface area contributed by atoms with Gasteiger partial charge in [0.1, 0.15) is 0 Å². The highest BCUT2D eigenvalue weighted by Crippen LogP contribution is 2.23. The lowest BCUT2D eigenvalue weighted by atomic mass is 10.1. The van der Waals surface area contributed by atoms with Gasteiger partial charge in [0, 0.05) is 16.3 Å². The molecule has 5 heteroatoms. The van der Waals surface area contributed by atoms with E-state index in [1.807, 2.05) is 0 Å². The summed E-state index contributed by atoms with van der Waals surface area (Å²) < 4.78 is 0. The van der Waals surface area contributed by atoms with Crippen LogP contribution in [0.1, 0.15) is 27.0 Å². The zero-order chi connectivity index (χ0) is 13.8. The normalized spacial score (nSPS) is 10.4. The van der Waals surface area contributed by atoms with Gasteiger partial charge in [0.05, 0.1) is 16.9 Å². The molecule has 0 aliphatic rings. The van der Waals surface area contributed by atoms with Crippen molar-refractivity contribution in [2.75, 3.05) is 11.1 Å². The van der Waals surface area contributed by atoms with Gasteiger partial charge in [-0.1, -0.05) is 6.92 Å². The number of aromatic carboxylic acids is 1. The molecular weight excluding hydrogens is 260 g/mol. The van der Waals surface area contributed by atoms with E-state index in [1.54, 1.807) is 23.5 Å². The van der Waals surface area contributed by atoms with Crippen molar-refractivity contribution in [1.29, 1.82) is 0 Å². The number of carboxylic acids is 1. The van der Waals surface area contributed by atoms with Crippen molar-refractivity contribution in [2.45, 2.75) is 19.9 Å². The molecule has 0 fully saturated rings. The second kappa shape index (κ2) is 5.75. The first-order valence-electron chi connectivity index (χ1n) is 6.04. The van der Waals surface area contributed by atoms with E-state index in [0.717, 1.165) is 6.42 Å². The van der Waals surface area contributed by atoms with Crippen LogP contribution >= 0.6 is 11.3 Å². The Kier molecular flexibility index (Phi) is 4.06. The number of hydrogen-bond donors (Lipinski definition) is 3. The van der Waals surface area contributed by atoms with Gasteiger partial charge < -0.3 is 16.2 Å². The number of nitrogen functional groups attached to an aromatic ring is 1. The lowest BCUT2D eigenvalue weighted by Gasteiger charge is -2.09. The lowest BCUT2D eigenvalue weighted by molar-refractivity contribution is 0.0697. The maximum absolute atomic E-state index is 10.9. The van der Waals surface area contributed by atoms with E-state index in [4.69, 9.17) is 10.8 Å². The van der Waals surface area contributed by atoms with Gasteiger partial charge >= 0.3 is 5.97 Å². The van der Waals surface area contributed by atoms with Crippen LogP contribution in [0.2, 0.25) is 0 Å². The second-order valence-electron chi connectivity index (χ2n) is 4.18. The van der Waals surface area contributed by atoms with E-state index in [1.165, 1.54) is 15.8 Å². The number of nitrogens with one attached hydrogen (secondary N) is 1. The zero-order valence-corrected chi connectivity index (χ0v) is 11.5. The predicted molar refractivity (Wildman–Crippen MR) is 78.8 cm³/mol. The van der Waals surface area contributed by atoms with Crippen molar-refractivity contribution in [3.63, 3.8) is 0 Å². The smallest absolute Gasteiger partial charge is 0.335 e. The molecule has 1 aromatic carbocycles. The van der Waals surface area contributed by atoms with E-state index in [0.29, 0.717) is 17.9 Å². The number of hydrogen-bond acceptors (Lipinski definition) is 4. The lowest BCUT2D eigenvalue weighted by Crippen LogP contribution is -2.04. The average Bonchev–Trinajstić information content (AvgIpc) is 2.85. The summed E-state index contributed by atoms with van der Waals surface area (Å²) in [5.74, 6) is -0.951. The fourth-order valence-corrected chi connectivity index (χ4v) is 2.63. The predicted octanol–water partition coefficient (Wildman–Crippen LogP) is 3.20. The molecular formula is C14H16N2O2S. The van der Waals surface area contributed by atoms with Crippen molar-refractivity contribution in [3.8, 4) is 0 Å². The Bertz CT molecular complexity index is 593. The van der Waals surface area contributed by atoms with Crippen molar-refractivity contribution >= 4 is 28.7 Å². The molecule has 4 nitrogen and oxygen atoms in total. The maximum Gasteiger partial charge on any atom is 0.335 e. The molecule has 0 atom stereocenters. The van der Waals surface area contributed by atoms with Crippen LogP contribution in [0.15, 0.2) is 30.3 Å². The molecule has 100 valence electrons. The largest absolute Gasteiger partial charge is 0.478 e. The number of aryl methyl sites for hydroxylation is 1. The quantitative estimate of drug-likeness (QED) is 0.733.